The average molecular weight is 188 g/mol. The molecule has 0 radical (unpaired) electrons. The van der Waals surface area contributed by atoms with Crippen molar-refractivity contribution in [1.29, 1.82) is 0 Å². The van der Waals surface area contributed by atoms with E-state index in [9.17, 15) is 0 Å². The maximum atomic E-state index is 5.49. The number of benzene rings is 1. The smallest absolute Gasteiger partial charge is 0.284 e. The van der Waals surface area contributed by atoms with Crippen molar-refractivity contribution in [3.05, 3.63) is 42.5 Å². The summed E-state index contributed by atoms with van der Waals surface area (Å²) in [5, 5.41) is 0. The lowest BCUT2D eigenvalue weighted by atomic mass is 10.2. The first-order chi connectivity index (χ1) is 6.90. The van der Waals surface area contributed by atoms with E-state index in [0.717, 1.165) is 11.3 Å². The highest BCUT2D eigenvalue weighted by atomic mass is 16.6. The Morgan fingerprint density at radius 3 is 2.57 bits per heavy atom. The van der Waals surface area contributed by atoms with Crippen molar-refractivity contribution in [3.8, 4) is 17.3 Å². The van der Waals surface area contributed by atoms with Crippen molar-refractivity contribution in [2.24, 2.45) is 0 Å². The van der Waals surface area contributed by atoms with Gasteiger partial charge in [0.25, 0.3) is 5.95 Å². The Bertz CT molecular complexity index is 390. The molecule has 2 rings (SSSR count). The SMILES string of the molecule is CCOc1ccc(-c2ccccc2)o1. The second-order valence-electron chi connectivity index (χ2n) is 2.92. The molecule has 1 aromatic carbocycles. The summed E-state index contributed by atoms with van der Waals surface area (Å²) in [5.74, 6) is 1.42. The van der Waals surface area contributed by atoms with E-state index in [4.69, 9.17) is 9.15 Å². The van der Waals surface area contributed by atoms with Gasteiger partial charge in [-0.2, -0.15) is 0 Å². The quantitative estimate of drug-likeness (QED) is 0.737. The van der Waals surface area contributed by atoms with Crippen LogP contribution < -0.4 is 4.74 Å². The zero-order valence-electron chi connectivity index (χ0n) is 8.07. The summed E-state index contributed by atoms with van der Waals surface area (Å²) in [6, 6.07) is 13.7. The largest absolute Gasteiger partial charge is 0.465 e. The lowest BCUT2D eigenvalue weighted by Crippen LogP contribution is -1.87. The molecule has 0 atom stereocenters. The van der Waals surface area contributed by atoms with Gasteiger partial charge in [0.2, 0.25) is 0 Å². The highest BCUT2D eigenvalue weighted by molar-refractivity contribution is 5.57. The molecule has 14 heavy (non-hydrogen) atoms. The maximum absolute atomic E-state index is 5.49. The summed E-state index contributed by atoms with van der Waals surface area (Å²) in [6.45, 7) is 2.56. The zero-order valence-corrected chi connectivity index (χ0v) is 8.07. The van der Waals surface area contributed by atoms with Gasteiger partial charge in [-0.3, -0.25) is 0 Å². The highest BCUT2D eigenvalue weighted by Crippen LogP contribution is 2.25. The molecule has 0 aliphatic heterocycles. The molecule has 0 spiro atoms. The van der Waals surface area contributed by atoms with Crippen LogP contribution in [0, 0.1) is 0 Å². The third kappa shape index (κ3) is 1.79. The molecule has 0 saturated heterocycles. The monoisotopic (exact) mass is 188 g/mol. The minimum atomic E-state index is 0.575. The van der Waals surface area contributed by atoms with Gasteiger partial charge < -0.3 is 9.15 Å². The van der Waals surface area contributed by atoms with E-state index in [2.05, 4.69) is 0 Å². The van der Waals surface area contributed by atoms with Gasteiger partial charge in [-0.15, -0.1) is 0 Å². The van der Waals surface area contributed by atoms with E-state index in [1.807, 2.05) is 49.4 Å². The molecule has 2 aromatic rings. The standard InChI is InChI=1S/C12H12O2/c1-2-13-12-9-8-11(14-12)10-6-4-3-5-7-10/h3-9H,2H2,1H3. The van der Waals surface area contributed by atoms with Crippen molar-refractivity contribution in [2.75, 3.05) is 6.61 Å². The van der Waals surface area contributed by atoms with Crippen LogP contribution in [-0.4, -0.2) is 6.61 Å². The summed E-state index contributed by atoms with van der Waals surface area (Å²) < 4.78 is 10.7. The summed E-state index contributed by atoms with van der Waals surface area (Å²) in [4.78, 5) is 0. The minimum Gasteiger partial charge on any atom is -0.465 e. The Hall–Kier alpha value is -1.70. The first kappa shape index (κ1) is 8.88. The van der Waals surface area contributed by atoms with Crippen LogP contribution in [0.5, 0.6) is 5.95 Å². The molecule has 0 N–H and O–H groups in total. The van der Waals surface area contributed by atoms with E-state index in [1.165, 1.54) is 0 Å². The topological polar surface area (TPSA) is 22.4 Å². The molecule has 1 aromatic heterocycles. The molecule has 0 unspecified atom stereocenters. The van der Waals surface area contributed by atoms with Crippen LogP contribution in [0.1, 0.15) is 6.92 Å². The van der Waals surface area contributed by atoms with Crippen LogP contribution in [0.25, 0.3) is 11.3 Å². The van der Waals surface area contributed by atoms with Crippen LogP contribution in [0.3, 0.4) is 0 Å². The second kappa shape index (κ2) is 4.01. The predicted molar refractivity (Wildman–Crippen MR) is 55.3 cm³/mol. The normalized spacial score (nSPS) is 10.1. The summed E-state index contributed by atoms with van der Waals surface area (Å²) in [5.41, 5.74) is 1.07. The number of furan rings is 1. The first-order valence-electron chi connectivity index (χ1n) is 4.68. The summed E-state index contributed by atoms with van der Waals surface area (Å²) >= 11 is 0. The van der Waals surface area contributed by atoms with Crippen molar-refractivity contribution >= 4 is 0 Å². The van der Waals surface area contributed by atoms with Crippen molar-refractivity contribution in [1.82, 2.24) is 0 Å². The predicted octanol–water partition coefficient (Wildman–Crippen LogP) is 3.35. The van der Waals surface area contributed by atoms with Crippen LogP contribution in [-0.2, 0) is 0 Å². The lowest BCUT2D eigenvalue weighted by molar-refractivity contribution is 0.260. The Balaban J connectivity index is 2.25. The van der Waals surface area contributed by atoms with Gasteiger partial charge in [0.15, 0.2) is 0 Å². The molecule has 1 heterocycles. The fourth-order valence-electron chi connectivity index (χ4n) is 1.30. The molecular weight excluding hydrogens is 176 g/mol. The van der Waals surface area contributed by atoms with E-state index < -0.39 is 0 Å². The molecule has 0 aliphatic rings. The average Bonchev–Trinajstić information content (AvgIpc) is 2.68. The Kier molecular flexibility index (Phi) is 2.54. The van der Waals surface area contributed by atoms with Crippen molar-refractivity contribution in [2.45, 2.75) is 6.92 Å². The molecule has 0 bridgehead atoms. The van der Waals surface area contributed by atoms with Crippen LogP contribution in [0.2, 0.25) is 0 Å². The van der Waals surface area contributed by atoms with Gasteiger partial charge >= 0.3 is 0 Å². The Morgan fingerprint density at radius 1 is 1.07 bits per heavy atom. The minimum absolute atomic E-state index is 0.575. The van der Waals surface area contributed by atoms with E-state index in [-0.39, 0.29) is 0 Å². The second-order valence-corrected chi connectivity index (χ2v) is 2.92. The number of rotatable bonds is 3. The van der Waals surface area contributed by atoms with Gasteiger partial charge in [0, 0.05) is 11.6 Å². The maximum Gasteiger partial charge on any atom is 0.284 e. The van der Waals surface area contributed by atoms with Crippen molar-refractivity contribution in [3.63, 3.8) is 0 Å². The molecule has 0 fully saturated rings. The van der Waals surface area contributed by atoms with Gasteiger partial charge in [-0.05, 0) is 13.0 Å². The van der Waals surface area contributed by atoms with Gasteiger partial charge in [-0.25, -0.2) is 0 Å². The van der Waals surface area contributed by atoms with E-state index in [0.29, 0.717) is 12.6 Å². The molecule has 2 nitrogen and oxygen atoms in total. The fourth-order valence-corrected chi connectivity index (χ4v) is 1.30. The Labute approximate surface area is 83.1 Å². The third-order valence-corrected chi connectivity index (χ3v) is 1.93. The van der Waals surface area contributed by atoms with Gasteiger partial charge in [0.05, 0.1) is 6.61 Å². The molecular formula is C12H12O2. The van der Waals surface area contributed by atoms with E-state index >= 15 is 0 Å². The van der Waals surface area contributed by atoms with Crippen LogP contribution in [0.15, 0.2) is 46.9 Å². The molecule has 0 aliphatic carbocycles. The van der Waals surface area contributed by atoms with Crippen LogP contribution in [0.4, 0.5) is 0 Å². The lowest BCUT2D eigenvalue weighted by Gasteiger charge is -1.97. The highest BCUT2D eigenvalue weighted by Gasteiger charge is 2.03. The molecule has 72 valence electrons. The summed E-state index contributed by atoms with van der Waals surface area (Å²) in [6.07, 6.45) is 0. The molecule has 0 saturated carbocycles. The first-order valence-corrected chi connectivity index (χ1v) is 4.68. The van der Waals surface area contributed by atoms with Crippen molar-refractivity contribution < 1.29 is 9.15 Å². The van der Waals surface area contributed by atoms with Crippen LogP contribution >= 0.6 is 0 Å². The summed E-state index contributed by atoms with van der Waals surface area (Å²) in [7, 11) is 0. The Morgan fingerprint density at radius 2 is 1.86 bits per heavy atom. The molecule has 0 amide bonds. The fraction of sp³-hybridized carbons (Fsp3) is 0.167. The molecule has 2 heteroatoms. The van der Waals surface area contributed by atoms with Gasteiger partial charge in [-0.1, -0.05) is 30.3 Å². The van der Waals surface area contributed by atoms with Gasteiger partial charge in [0.1, 0.15) is 5.76 Å². The number of ether oxygens (including phenoxy) is 1. The third-order valence-electron chi connectivity index (χ3n) is 1.93. The zero-order chi connectivity index (χ0) is 9.80. The number of hydrogen-bond acceptors (Lipinski definition) is 2. The number of hydrogen-bond donors (Lipinski definition) is 0. The van der Waals surface area contributed by atoms with E-state index in [1.54, 1.807) is 0 Å².